The molecule has 1 amide bonds. The molecule has 0 spiro atoms. The Morgan fingerprint density at radius 3 is 2.52 bits per heavy atom. The molecule has 3 aromatic rings. The Hall–Kier alpha value is -3.20. The van der Waals surface area contributed by atoms with Gasteiger partial charge in [0.15, 0.2) is 0 Å². The summed E-state index contributed by atoms with van der Waals surface area (Å²) in [6.45, 7) is 2.85. The van der Waals surface area contributed by atoms with E-state index in [0.717, 1.165) is 49.9 Å². The maximum atomic E-state index is 12.7. The van der Waals surface area contributed by atoms with Gasteiger partial charge in [-0.1, -0.05) is 74.0 Å². The first-order chi connectivity index (χ1) is 15.2. The number of rotatable bonds is 7. The first-order valence-corrected chi connectivity index (χ1v) is 11.4. The monoisotopic (exact) mass is 410 g/mol. The van der Waals surface area contributed by atoms with Gasteiger partial charge in [0.25, 0.3) is 5.91 Å². The van der Waals surface area contributed by atoms with Crippen molar-refractivity contribution in [3.8, 4) is 0 Å². The fourth-order valence-electron chi connectivity index (χ4n) is 4.18. The minimum absolute atomic E-state index is 0.0226. The molecular formula is C28H30N2O. The Morgan fingerprint density at radius 1 is 0.903 bits per heavy atom. The number of nitrogens with zero attached hydrogens (tertiary/aromatic N) is 1. The Balaban J connectivity index is 1.49. The molecule has 0 bridgehead atoms. The van der Waals surface area contributed by atoms with Crippen molar-refractivity contribution < 1.29 is 4.79 Å². The molecule has 3 heteroatoms. The molecule has 4 rings (SSSR count). The third-order valence-corrected chi connectivity index (χ3v) is 5.85. The topological polar surface area (TPSA) is 41.5 Å². The number of benzene rings is 3. The van der Waals surface area contributed by atoms with E-state index in [4.69, 9.17) is 4.99 Å². The minimum Gasteiger partial charge on any atom is -0.352 e. The fraction of sp³-hybridized carbons (Fsp3) is 0.286. The highest BCUT2D eigenvalue weighted by Gasteiger charge is 2.16. The second-order valence-electron chi connectivity index (χ2n) is 8.15. The first kappa shape index (κ1) is 21.0. The van der Waals surface area contributed by atoms with Crippen LogP contribution in [0, 0.1) is 0 Å². The van der Waals surface area contributed by atoms with Crippen LogP contribution in [0.2, 0.25) is 0 Å². The molecule has 1 N–H and O–H groups in total. The van der Waals surface area contributed by atoms with Gasteiger partial charge in [0.1, 0.15) is 0 Å². The maximum absolute atomic E-state index is 12.7. The summed E-state index contributed by atoms with van der Waals surface area (Å²) in [6.07, 6.45) is 5.81. The lowest BCUT2D eigenvalue weighted by atomic mass is 9.92. The van der Waals surface area contributed by atoms with Crippen LogP contribution in [0.5, 0.6) is 0 Å². The Bertz CT molecular complexity index is 1070. The maximum Gasteiger partial charge on any atom is 0.251 e. The number of hydrogen-bond donors (Lipinski definition) is 1. The zero-order valence-electron chi connectivity index (χ0n) is 18.2. The molecule has 0 saturated carbocycles. The lowest BCUT2D eigenvalue weighted by molar-refractivity contribution is 0.0953. The van der Waals surface area contributed by atoms with Gasteiger partial charge >= 0.3 is 0 Å². The van der Waals surface area contributed by atoms with Crippen LogP contribution in [0.15, 0.2) is 77.8 Å². The summed E-state index contributed by atoms with van der Waals surface area (Å²) in [7, 11) is 0. The number of aliphatic imine (C=N–C) groups is 1. The van der Waals surface area contributed by atoms with Gasteiger partial charge < -0.3 is 5.32 Å². The molecule has 0 aliphatic carbocycles. The van der Waals surface area contributed by atoms with E-state index in [1.54, 1.807) is 0 Å². The third kappa shape index (κ3) is 5.29. The molecular weight excluding hydrogens is 380 g/mol. The van der Waals surface area contributed by atoms with Gasteiger partial charge in [0.05, 0.1) is 5.69 Å². The van der Waals surface area contributed by atoms with Crippen LogP contribution in [0.25, 0.3) is 0 Å². The molecule has 1 aliphatic rings. The molecule has 0 atom stereocenters. The summed E-state index contributed by atoms with van der Waals surface area (Å²) in [5.74, 6) is -0.0226. The zero-order chi connectivity index (χ0) is 21.5. The van der Waals surface area contributed by atoms with Crippen molar-refractivity contribution in [2.45, 2.75) is 45.4 Å². The van der Waals surface area contributed by atoms with Crippen molar-refractivity contribution in [2.75, 3.05) is 6.54 Å². The zero-order valence-corrected chi connectivity index (χ0v) is 18.2. The second kappa shape index (κ2) is 10.2. The van der Waals surface area contributed by atoms with E-state index in [9.17, 15) is 4.79 Å². The standard InChI is InChI=1S/C28H30N2O/c1-2-9-26-25-14-7-6-13-22(25)15-16-23-17-18-24(20-27(23)30-26)28(31)29-19-8-12-21-10-4-3-5-11-21/h3-7,10-11,13-14,17-18,20H,2,8-9,12,15-16,19H2,1H3,(H,29,31). The van der Waals surface area contributed by atoms with Crippen LogP contribution in [0.3, 0.4) is 0 Å². The predicted octanol–water partition coefficient (Wildman–Crippen LogP) is 6.07. The third-order valence-electron chi connectivity index (χ3n) is 5.85. The summed E-state index contributed by atoms with van der Waals surface area (Å²) in [5.41, 5.74) is 7.88. The molecule has 0 unspecified atom stereocenters. The molecule has 1 aliphatic heterocycles. The largest absolute Gasteiger partial charge is 0.352 e. The van der Waals surface area contributed by atoms with Crippen molar-refractivity contribution in [1.82, 2.24) is 5.32 Å². The van der Waals surface area contributed by atoms with Crippen molar-refractivity contribution in [1.29, 1.82) is 0 Å². The summed E-state index contributed by atoms with van der Waals surface area (Å²) < 4.78 is 0. The predicted molar refractivity (Wildman–Crippen MR) is 128 cm³/mol. The van der Waals surface area contributed by atoms with E-state index in [0.29, 0.717) is 12.1 Å². The molecule has 3 aromatic carbocycles. The molecule has 31 heavy (non-hydrogen) atoms. The van der Waals surface area contributed by atoms with Crippen molar-refractivity contribution >= 4 is 17.3 Å². The lowest BCUT2D eigenvalue weighted by Gasteiger charge is -2.18. The number of carbonyl (C=O) groups is 1. The van der Waals surface area contributed by atoms with E-state index in [-0.39, 0.29) is 5.91 Å². The number of carbonyl (C=O) groups excluding carboxylic acids is 1. The first-order valence-electron chi connectivity index (χ1n) is 11.4. The normalized spacial score (nSPS) is 12.7. The molecule has 0 radical (unpaired) electrons. The molecule has 1 heterocycles. The second-order valence-corrected chi connectivity index (χ2v) is 8.15. The van der Waals surface area contributed by atoms with Crippen LogP contribution in [-0.4, -0.2) is 18.2 Å². The van der Waals surface area contributed by atoms with E-state index in [2.05, 4.69) is 66.8 Å². The van der Waals surface area contributed by atoms with E-state index < -0.39 is 0 Å². The van der Waals surface area contributed by atoms with Gasteiger partial charge in [-0.2, -0.15) is 0 Å². The van der Waals surface area contributed by atoms with Gasteiger partial charge in [-0.3, -0.25) is 9.79 Å². The van der Waals surface area contributed by atoms with E-state index >= 15 is 0 Å². The Morgan fingerprint density at radius 2 is 1.68 bits per heavy atom. The van der Waals surface area contributed by atoms with Crippen molar-refractivity contribution in [2.24, 2.45) is 4.99 Å². The summed E-state index contributed by atoms with van der Waals surface area (Å²) in [6, 6.07) is 25.0. The van der Waals surface area contributed by atoms with Gasteiger partial charge in [0.2, 0.25) is 0 Å². The number of aryl methyl sites for hydroxylation is 3. The molecule has 0 aromatic heterocycles. The minimum atomic E-state index is -0.0226. The number of nitrogens with one attached hydrogen (secondary N) is 1. The average Bonchev–Trinajstić information content (AvgIpc) is 2.80. The summed E-state index contributed by atoms with van der Waals surface area (Å²) in [4.78, 5) is 17.8. The van der Waals surface area contributed by atoms with Crippen LogP contribution >= 0.6 is 0 Å². The highest BCUT2D eigenvalue weighted by Crippen LogP contribution is 2.28. The fourth-order valence-corrected chi connectivity index (χ4v) is 4.18. The van der Waals surface area contributed by atoms with Gasteiger partial charge in [-0.25, -0.2) is 0 Å². The lowest BCUT2D eigenvalue weighted by Crippen LogP contribution is -2.24. The molecule has 0 saturated heterocycles. The smallest absolute Gasteiger partial charge is 0.251 e. The van der Waals surface area contributed by atoms with Crippen LogP contribution in [0.1, 0.15) is 58.8 Å². The molecule has 0 fully saturated rings. The Kier molecular flexibility index (Phi) is 6.93. The number of hydrogen-bond acceptors (Lipinski definition) is 2. The summed E-state index contributed by atoms with van der Waals surface area (Å²) >= 11 is 0. The molecule has 3 nitrogen and oxygen atoms in total. The van der Waals surface area contributed by atoms with Crippen LogP contribution in [-0.2, 0) is 19.3 Å². The van der Waals surface area contributed by atoms with Gasteiger partial charge in [0, 0.05) is 17.8 Å². The van der Waals surface area contributed by atoms with E-state index in [1.807, 2.05) is 18.2 Å². The van der Waals surface area contributed by atoms with Crippen LogP contribution < -0.4 is 5.32 Å². The summed E-state index contributed by atoms with van der Waals surface area (Å²) in [5, 5.41) is 3.07. The number of amides is 1. The average molecular weight is 411 g/mol. The van der Waals surface area contributed by atoms with Gasteiger partial charge in [-0.15, -0.1) is 0 Å². The quantitative estimate of drug-likeness (QED) is 0.472. The van der Waals surface area contributed by atoms with Crippen molar-refractivity contribution in [3.63, 3.8) is 0 Å². The van der Waals surface area contributed by atoms with Crippen molar-refractivity contribution in [3.05, 3.63) is 101 Å². The van der Waals surface area contributed by atoms with E-state index in [1.165, 1.54) is 22.3 Å². The number of fused-ring (bicyclic) bond motifs is 2. The SMILES string of the molecule is CCCC1=Nc2cc(C(=O)NCCCc3ccccc3)ccc2CCc2ccccc21. The Labute approximate surface area is 185 Å². The van der Waals surface area contributed by atoms with Crippen LogP contribution in [0.4, 0.5) is 5.69 Å². The van der Waals surface area contributed by atoms with Gasteiger partial charge in [-0.05, 0) is 66.5 Å². The molecule has 158 valence electrons. The highest BCUT2D eigenvalue weighted by molar-refractivity contribution is 6.04. The highest BCUT2D eigenvalue weighted by atomic mass is 16.1.